The summed E-state index contributed by atoms with van der Waals surface area (Å²) in [6.07, 6.45) is 2.53. The van der Waals surface area contributed by atoms with Crippen molar-refractivity contribution in [2.24, 2.45) is 11.7 Å². The Hall–Kier alpha value is -1.33. The molecule has 3 N–H and O–H groups in total. The molecule has 0 saturated heterocycles. The Balaban J connectivity index is 2.56. The van der Waals surface area contributed by atoms with Gasteiger partial charge in [-0.25, -0.2) is 0 Å². The summed E-state index contributed by atoms with van der Waals surface area (Å²) in [6.45, 7) is 4.51. The van der Waals surface area contributed by atoms with E-state index >= 15 is 0 Å². The van der Waals surface area contributed by atoms with Gasteiger partial charge in [-0.1, -0.05) is 20.3 Å². The smallest absolute Gasteiger partial charge is 0.237 e. The van der Waals surface area contributed by atoms with Crippen LogP contribution in [0.25, 0.3) is 0 Å². The van der Waals surface area contributed by atoms with Gasteiger partial charge in [0.2, 0.25) is 5.91 Å². The fourth-order valence-corrected chi connectivity index (χ4v) is 1.85. The molecular weight excluding hydrogens is 242 g/mol. The van der Waals surface area contributed by atoms with Gasteiger partial charge in [0.1, 0.15) is 5.76 Å². The van der Waals surface area contributed by atoms with E-state index in [4.69, 9.17) is 10.2 Å². The number of likely N-dealkylation sites (N-methyl/N-ethyl adjacent to an activating group) is 1. The highest BCUT2D eigenvalue weighted by molar-refractivity contribution is 5.81. The lowest BCUT2D eigenvalue weighted by Gasteiger charge is -2.24. The van der Waals surface area contributed by atoms with E-state index in [1.165, 1.54) is 0 Å². The predicted octanol–water partition coefficient (Wildman–Crippen LogP) is 1.37. The van der Waals surface area contributed by atoms with Gasteiger partial charge in [0.05, 0.1) is 18.3 Å². The van der Waals surface area contributed by atoms with Crippen molar-refractivity contribution in [2.45, 2.75) is 32.4 Å². The molecule has 19 heavy (non-hydrogen) atoms. The molecule has 1 rings (SSSR count). The number of nitrogens with zero attached hydrogens (tertiary/aromatic N) is 1. The molecule has 1 aromatic rings. The molecule has 5 heteroatoms. The summed E-state index contributed by atoms with van der Waals surface area (Å²) >= 11 is 0. The highest BCUT2D eigenvalue weighted by atomic mass is 16.3. The second-order valence-corrected chi connectivity index (χ2v) is 5.15. The molecule has 0 bridgehead atoms. The van der Waals surface area contributed by atoms with Crippen LogP contribution >= 0.6 is 0 Å². The van der Waals surface area contributed by atoms with Crippen molar-refractivity contribution in [3.8, 4) is 0 Å². The Morgan fingerprint density at radius 2 is 2.21 bits per heavy atom. The van der Waals surface area contributed by atoms with E-state index in [2.05, 4.69) is 5.32 Å². The Bertz CT molecular complexity index is 376. The number of amides is 1. The molecule has 0 aliphatic rings. The Kier molecular flexibility index (Phi) is 6.05. The molecule has 1 amide bonds. The minimum absolute atomic E-state index is 0.0167. The number of hydrogen-bond donors (Lipinski definition) is 2. The second kappa shape index (κ2) is 7.31. The largest absolute Gasteiger partial charge is 0.468 e. The van der Waals surface area contributed by atoms with Gasteiger partial charge in [-0.2, -0.15) is 0 Å². The maximum atomic E-state index is 12.0. The van der Waals surface area contributed by atoms with Crippen molar-refractivity contribution < 1.29 is 9.21 Å². The predicted molar refractivity (Wildman–Crippen MR) is 75.6 cm³/mol. The van der Waals surface area contributed by atoms with Crippen LogP contribution < -0.4 is 11.1 Å². The molecule has 0 fully saturated rings. The van der Waals surface area contributed by atoms with E-state index in [1.807, 2.05) is 45.0 Å². The van der Waals surface area contributed by atoms with Gasteiger partial charge in [0.25, 0.3) is 0 Å². The van der Waals surface area contributed by atoms with E-state index in [1.54, 1.807) is 6.26 Å². The fourth-order valence-electron chi connectivity index (χ4n) is 1.85. The van der Waals surface area contributed by atoms with E-state index in [0.717, 1.165) is 12.2 Å². The Morgan fingerprint density at radius 3 is 2.68 bits per heavy atom. The first-order valence-corrected chi connectivity index (χ1v) is 6.70. The van der Waals surface area contributed by atoms with Crippen LogP contribution in [0.1, 0.15) is 32.1 Å². The summed E-state index contributed by atoms with van der Waals surface area (Å²) < 4.78 is 5.39. The maximum Gasteiger partial charge on any atom is 0.237 e. The van der Waals surface area contributed by atoms with Crippen LogP contribution in [0.4, 0.5) is 0 Å². The number of carbonyl (C=O) groups is 1. The lowest BCUT2D eigenvalue weighted by Crippen LogP contribution is -2.46. The molecule has 108 valence electrons. The standard InChI is InChI=1S/C14H25N3O2/c1-5-10(2)13(15)14(18)16-9-11(17(3)4)12-7-6-8-19-12/h6-8,10-11,13H,5,9,15H2,1-4H3,(H,16,18). The van der Waals surface area contributed by atoms with Crippen LogP contribution in [-0.4, -0.2) is 37.5 Å². The zero-order valence-corrected chi connectivity index (χ0v) is 12.2. The van der Waals surface area contributed by atoms with Gasteiger partial charge in [-0.05, 0) is 32.1 Å². The Labute approximate surface area is 115 Å². The van der Waals surface area contributed by atoms with Gasteiger partial charge >= 0.3 is 0 Å². The third-order valence-corrected chi connectivity index (χ3v) is 3.52. The van der Waals surface area contributed by atoms with Gasteiger partial charge in [-0.15, -0.1) is 0 Å². The molecule has 3 atom stereocenters. The fraction of sp³-hybridized carbons (Fsp3) is 0.643. The lowest BCUT2D eigenvalue weighted by molar-refractivity contribution is -0.123. The molecule has 0 aliphatic heterocycles. The summed E-state index contributed by atoms with van der Waals surface area (Å²) in [5.74, 6) is 0.914. The van der Waals surface area contributed by atoms with Gasteiger partial charge in [-0.3, -0.25) is 9.69 Å². The van der Waals surface area contributed by atoms with Gasteiger partial charge < -0.3 is 15.5 Å². The van der Waals surface area contributed by atoms with E-state index in [0.29, 0.717) is 6.54 Å². The summed E-state index contributed by atoms with van der Waals surface area (Å²) in [7, 11) is 3.90. The minimum atomic E-state index is -0.454. The van der Waals surface area contributed by atoms with E-state index < -0.39 is 6.04 Å². The number of furan rings is 1. The summed E-state index contributed by atoms with van der Waals surface area (Å²) in [5.41, 5.74) is 5.90. The second-order valence-electron chi connectivity index (χ2n) is 5.15. The van der Waals surface area contributed by atoms with Crippen LogP contribution in [0, 0.1) is 5.92 Å². The van der Waals surface area contributed by atoms with Crippen molar-refractivity contribution >= 4 is 5.91 Å². The molecular formula is C14H25N3O2. The zero-order valence-electron chi connectivity index (χ0n) is 12.2. The van der Waals surface area contributed by atoms with Gasteiger partial charge in [0.15, 0.2) is 0 Å². The lowest BCUT2D eigenvalue weighted by atomic mass is 9.99. The average molecular weight is 267 g/mol. The van der Waals surface area contributed by atoms with Crippen molar-refractivity contribution in [3.05, 3.63) is 24.2 Å². The first kappa shape index (κ1) is 15.7. The van der Waals surface area contributed by atoms with Crippen LogP contribution in [-0.2, 0) is 4.79 Å². The molecule has 0 aromatic carbocycles. The number of nitrogens with two attached hydrogens (primary N) is 1. The van der Waals surface area contributed by atoms with Crippen molar-refractivity contribution in [2.75, 3.05) is 20.6 Å². The third-order valence-electron chi connectivity index (χ3n) is 3.52. The molecule has 1 heterocycles. The zero-order chi connectivity index (χ0) is 14.4. The highest BCUT2D eigenvalue weighted by Gasteiger charge is 2.22. The molecule has 5 nitrogen and oxygen atoms in total. The molecule has 1 aromatic heterocycles. The normalized spacial score (nSPS) is 16.1. The molecule has 3 unspecified atom stereocenters. The number of carbonyl (C=O) groups excluding carboxylic acids is 1. The first-order chi connectivity index (χ1) is 8.97. The highest BCUT2D eigenvalue weighted by Crippen LogP contribution is 2.17. The average Bonchev–Trinajstić information content (AvgIpc) is 2.90. The topological polar surface area (TPSA) is 71.5 Å². The number of nitrogens with one attached hydrogen (secondary N) is 1. The molecule has 0 saturated carbocycles. The van der Waals surface area contributed by atoms with E-state index in [9.17, 15) is 4.79 Å². The monoisotopic (exact) mass is 267 g/mol. The SMILES string of the molecule is CCC(C)C(N)C(=O)NCC(c1ccco1)N(C)C. The van der Waals surface area contributed by atoms with Crippen LogP contribution in [0.5, 0.6) is 0 Å². The summed E-state index contributed by atoms with van der Waals surface area (Å²) in [5, 5.41) is 2.90. The van der Waals surface area contributed by atoms with Crippen molar-refractivity contribution in [3.63, 3.8) is 0 Å². The number of rotatable bonds is 7. The number of hydrogen-bond acceptors (Lipinski definition) is 4. The summed E-state index contributed by atoms with van der Waals surface area (Å²) in [6, 6.07) is 3.32. The maximum absolute atomic E-state index is 12.0. The first-order valence-electron chi connectivity index (χ1n) is 6.70. The van der Waals surface area contributed by atoms with Gasteiger partial charge in [0, 0.05) is 6.54 Å². The minimum Gasteiger partial charge on any atom is -0.468 e. The van der Waals surface area contributed by atoms with E-state index in [-0.39, 0.29) is 17.9 Å². The van der Waals surface area contributed by atoms with Crippen molar-refractivity contribution in [1.29, 1.82) is 0 Å². The molecule has 0 spiro atoms. The van der Waals surface area contributed by atoms with Crippen molar-refractivity contribution in [1.82, 2.24) is 10.2 Å². The molecule has 0 aliphatic carbocycles. The van der Waals surface area contributed by atoms with Crippen LogP contribution in [0.3, 0.4) is 0 Å². The van der Waals surface area contributed by atoms with Crippen LogP contribution in [0.2, 0.25) is 0 Å². The summed E-state index contributed by atoms with van der Waals surface area (Å²) in [4.78, 5) is 14.0. The third kappa shape index (κ3) is 4.36. The Morgan fingerprint density at radius 1 is 1.53 bits per heavy atom. The van der Waals surface area contributed by atoms with Crippen LogP contribution in [0.15, 0.2) is 22.8 Å². The molecule has 0 radical (unpaired) electrons. The quantitative estimate of drug-likeness (QED) is 0.782.